The van der Waals surface area contributed by atoms with E-state index in [1.165, 1.54) is 17.3 Å². The lowest BCUT2D eigenvalue weighted by Gasteiger charge is -2.28. The molecule has 0 spiro atoms. The number of carbonyl (C=O) groups excluding carboxylic acids is 1. The number of rotatable bonds is 8. The van der Waals surface area contributed by atoms with Gasteiger partial charge in [-0.2, -0.15) is 0 Å². The van der Waals surface area contributed by atoms with Crippen molar-refractivity contribution in [2.75, 3.05) is 29.1 Å². The Balaban J connectivity index is 1.38. The maximum atomic E-state index is 13.8. The van der Waals surface area contributed by atoms with E-state index < -0.39 is 10.0 Å². The van der Waals surface area contributed by atoms with E-state index in [1.54, 1.807) is 12.1 Å². The summed E-state index contributed by atoms with van der Waals surface area (Å²) in [6.07, 6.45) is 4.76. The Morgan fingerprint density at radius 1 is 0.944 bits per heavy atom. The predicted octanol–water partition coefficient (Wildman–Crippen LogP) is 5.37. The van der Waals surface area contributed by atoms with Gasteiger partial charge in [-0.15, -0.1) is 11.8 Å². The van der Waals surface area contributed by atoms with Gasteiger partial charge < -0.3 is 10.2 Å². The first-order chi connectivity index (χ1) is 17.5. The highest BCUT2D eigenvalue weighted by atomic mass is 32.2. The summed E-state index contributed by atoms with van der Waals surface area (Å²) in [5.41, 5.74) is 3.44. The number of hydrogen-bond acceptors (Lipinski definition) is 5. The van der Waals surface area contributed by atoms with Crippen molar-refractivity contribution >= 4 is 39.1 Å². The van der Waals surface area contributed by atoms with Gasteiger partial charge in [0.2, 0.25) is 15.9 Å². The third kappa shape index (κ3) is 5.77. The Bertz CT molecular complexity index is 1320. The Kier molecular flexibility index (Phi) is 7.65. The van der Waals surface area contributed by atoms with Gasteiger partial charge in [-0.3, -0.25) is 4.79 Å². The minimum Gasteiger partial charge on any atom is -0.370 e. The summed E-state index contributed by atoms with van der Waals surface area (Å²) < 4.78 is 30.6. The molecule has 0 unspecified atom stereocenters. The van der Waals surface area contributed by atoms with Crippen LogP contribution in [0.1, 0.15) is 42.9 Å². The van der Waals surface area contributed by atoms with E-state index in [0.29, 0.717) is 11.4 Å². The van der Waals surface area contributed by atoms with Crippen molar-refractivity contribution in [2.24, 2.45) is 0 Å². The second kappa shape index (κ2) is 11.1. The normalized spacial score (nSPS) is 17.6. The first kappa shape index (κ1) is 24.9. The Morgan fingerprint density at radius 2 is 1.69 bits per heavy atom. The van der Waals surface area contributed by atoms with Gasteiger partial charge in [0.25, 0.3) is 0 Å². The second-order valence-electron chi connectivity index (χ2n) is 9.29. The van der Waals surface area contributed by atoms with Crippen molar-refractivity contribution in [2.45, 2.75) is 47.9 Å². The molecule has 3 aromatic carbocycles. The van der Waals surface area contributed by atoms with Crippen LogP contribution in [0.5, 0.6) is 0 Å². The van der Waals surface area contributed by atoms with Crippen LogP contribution in [0.4, 0.5) is 11.4 Å². The standard InChI is InChI=1S/C28H31N3O3S2/c32-28(20-35-23-11-2-1-3-12-23)29-22-15-16-26(31-17-6-7-18-31)27(19-22)36(33,34)30-25-14-8-10-21-9-4-5-13-24(21)25/h1-5,9,11-13,15-16,19,25,30H,6-8,10,14,17-18,20H2,(H,29,32)/t25-/m0/s1. The lowest BCUT2D eigenvalue weighted by Crippen LogP contribution is -2.32. The largest absolute Gasteiger partial charge is 0.370 e. The molecular formula is C28H31N3O3S2. The Hall–Kier alpha value is -2.81. The van der Waals surface area contributed by atoms with E-state index in [0.717, 1.165) is 55.7 Å². The third-order valence-corrected chi connectivity index (χ3v) is 9.27. The molecule has 1 amide bonds. The van der Waals surface area contributed by atoms with E-state index in [2.05, 4.69) is 21.0 Å². The molecule has 0 saturated carbocycles. The molecule has 6 nitrogen and oxygen atoms in total. The SMILES string of the molecule is O=C(CSc1ccccc1)Nc1ccc(N2CCCC2)c(S(=O)(=O)N[C@H]2CCCc3ccccc32)c1. The number of amides is 1. The number of nitrogens with one attached hydrogen (secondary N) is 2. The smallest absolute Gasteiger partial charge is 0.243 e. The van der Waals surface area contributed by atoms with Crippen molar-refractivity contribution in [3.63, 3.8) is 0 Å². The van der Waals surface area contributed by atoms with Crippen LogP contribution >= 0.6 is 11.8 Å². The van der Waals surface area contributed by atoms with Crippen LogP contribution < -0.4 is 14.9 Å². The number of carbonyl (C=O) groups is 1. The molecule has 1 aliphatic heterocycles. The molecule has 2 aliphatic rings. The monoisotopic (exact) mass is 521 g/mol. The molecule has 2 N–H and O–H groups in total. The molecule has 5 rings (SSSR count). The van der Waals surface area contributed by atoms with E-state index in [-0.39, 0.29) is 22.6 Å². The summed E-state index contributed by atoms with van der Waals surface area (Å²) in [5, 5.41) is 2.89. The van der Waals surface area contributed by atoms with Gasteiger partial charge in [0.15, 0.2) is 0 Å². The summed E-state index contributed by atoms with van der Waals surface area (Å²) in [5.74, 6) is 0.0761. The van der Waals surface area contributed by atoms with E-state index in [9.17, 15) is 13.2 Å². The number of benzene rings is 3. The van der Waals surface area contributed by atoms with Gasteiger partial charge in [-0.25, -0.2) is 13.1 Å². The molecule has 8 heteroatoms. The summed E-state index contributed by atoms with van der Waals surface area (Å²) >= 11 is 1.45. The average molecular weight is 522 g/mol. The molecule has 3 aromatic rings. The summed E-state index contributed by atoms with van der Waals surface area (Å²) in [6.45, 7) is 1.66. The lowest BCUT2D eigenvalue weighted by molar-refractivity contribution is -0.113. The zero-order chi connectivity index (χ0) is 25.0. The minimum atomic E-state index is -3.83. The number of fused-ring (bicyclic) bond motifs is 1. The zero-order valence-electron chi connectivity index (χ0n) is 20.2. The first-order valence-electron chi connectivity index (χ1n) is 12.5. The highest BCUT2D eigenvalue weighted by molar-refractivity contribution is 8.00. The van der Waals surface area contributed by atoms with Crippen LogP contribution in [0, 0.1) is 0 Å². The molecule has 1 aliphatic carbocycles. The summed E-state index contributed by atoms with van der Waals surface area (Å²) in [4.78, 5) is 16.0. The number of hydrogen-bond donors (Lipinski definition) is 2. The van der Waals surface area contributed by atoms with Crippen molar-refractivity contribution in [3.8, 4) is 0 Å². The number of anilines is 2. The Morgan fingerprint density at radius 3 is 2.50 bits per heavy atom. The van der Waals surface area contributed by atoms with Crippen LogP contribution in [0.3, 0.4) is 0 Å². The molecule has 0 bridgehead atoms. The Labute approximate surface area is 217 Å². The maximum absolute atomic E-state index is 13.8. The lowest BCUT2D eigenvalue weighted by atomic mass is 9.88. The predicted molar refractivity (Wildman–Crippen MR) is 146 cm³/mol. The number of aryl methyl sites for hydroxylation is 1. The fraction of sp³-hybridized carbons (Fsp3) is 0.321. The topological polar surface area (TPSA) is 78.5 Å². The van der Waals surface area contributed by atoms with Gasteiger partial charge in [-0.1, -0.05) is 42.5 Å². The molecule has 1 atom stereocenters. The van der Waals surface area contributed by atoms with Gasteiger partial charge >= 0.3 is 0 Å². The number of nitrogens with zero attached hydrogens (tertiary/aromatic N) is 1. The van der Waals surface area contributed by atoms with E-state index in [4.69, 9.17) is 0 Å². The van der Waals surface area contributed by atoms with Crippen molar-refractivity contribution in [3.05, 3.63) is 83.9 Å². The summed E-state index contributed by atoms with van der Waals surface area (Å²) in [6, 6.07) is 22.8. The molecule has 1 fully saturated rings. The molecule has 188 valence electrons. The molecule has 0 aromatic heterocycles. The minimum absolute atomic E-state index is 0.171. The summed E-state index contributed by atoms with van der Waals surface area (Å²) in [7, 11) is -3.83. The van der Waals surface area contributed by atoms with Gasteiger partial charge in [-0.05, 0) is 73.6 Å². The van der Waals surface area contributed by atoms with Crippen molar-refractivity contribution < 1.29 is 13.2 Å². The number of sulfonamides is 1. The van der Waals surface area contributed by atoms with E-state index in [1.807, 2.05) is 54.6 Å². The maximum Gasteiger partial charge on any atom is 0.243 e. The van der Waals surface area contributed by atoms with Crippen molar-refractivity contribution in [1.29, 1.82) is 0 Å². The molecule has 36 heavy (non-hydrogen) atoms. The third-order valence-electron chi connectivity index (χ3n) is 6.76. The molecule has 0 radical (unpaired) electrons. The van der Waals surface area contributed by atoms with Gasteiger partial charge in [0, 0.05) is 29.7 Å². The van der Waals surface area contributed by atoms with Crippen molar-refractivity contribution in [1.82, 2.24) is 4.72 Å². The quantitative estimate of drug-likeness (QED) is 0.390. The van der Waals surface area contributed by atoms with Crippen LogP contribution in [0.25, 0.3) is 0 Å². The zero-order valence-corrected chi connectivity index (χ0v) is 21.8. The van der Waals surface area contributed by atoms with Crippen LogP contribution in [-0.4, -0.2) is 33.2 Å². The van der Waals surface area contributed by atoms with Crippen LogP contribution in [-0.2, 0) is 21.2 Å². The fourth-order valence-corrected chi connectivity index (χ4v) is 7.24. The van der Waals surface area contributed by atoms with E-state index >= 15 is 0 Å². The molecule has 1 saturated heterocycles. The van der Waals surface area contributed by atoms with Crippen LogP contribution in [0.2, 0.25) is 0 Å². The first-order valence-corrected chi connectivity index (χ1v) is 14.9. The van der Waals surface area contributed by atoms with Crippen LogP contribution in [0.15, 0.2) is 82.6 Å². The van der Waals surface area contributed by atoms with Gasteiger partial charge in [0.1, 0.15) is 4.90 Å². The van der Waals surface area contributed by atoms with Gasteiger partial charge in [0.05, 0.1) is 11.4 Å². The second-order valence-corrected chi connectivity index (χ2v) is 12.0. The highest BCUT2D eigenvalue weighted by Crippen LogP contribution is 2.35. The highest BCUT2D eigenvalue weighted by Gasteiger charge is 2.29. The average Bonchev–Trinajstić information content (AvgIpc) is 3.43. The molecule has 1 heterocycles. The fourth-order valence-electron chi connectivity index (χ4n) is 5.02. The number of thioether (sulfide) groups is 1. The molecular weight excluding hydrogens is 490 g/mol.